The second kappa shape index (κ2) is 5.31. The van der Waals surface area contributed by atoms with Crippen molar-refractivity contribution in [3.8, 4) is 22.4 Å². The first-order valence-electron chi connectivity index (χ1n) is 6.33. The van der Waals surface area contributed by atoms with Gasteiger partial charge in [-0.3, -0.25) is 0 Å². The van der Waals surface area contributed by atoms with Gasteiger partial charge in [0.15, 0.2) is 0 Å². The van der Waals surface area contributed by atoms with E-state index in [1.807, 2.05) is 66.7 Å². The highest BCUT2D eigenvalue weighted by molar-refractivity contribution is 7.71. The molecule has 0 spiro atoms. The molecule has 20 heavy (non-hydrogen) atoms. The van der Waals surface area contributed by atoms with E-state index in [1.165, 1.54) is 0 Å². The molecule has 0 aliphatic rings. The van der Waals surface area contributed by atoms with Gasteiger partial charge in [-0.05, 0) is 23.3 Å². The van der Waals surface area contributed by atoms with E-state index in [4.69, 9.17) is 12.2 Å². The van der Waals surface area contributed by atoms with Crippen LogP contribution >= 0.6 is 12.2 Å². The highest BCUT2D eigenvalue weighted by Crippen LogP contribution is 2.26. The molecular formula is C17H13NOS. The van der Waals surface area contributed by atoms with Gasteiger partial charge in [0.1, 0.15) is 4.64 Å². The van der Waals surface area contributed by atoms with E-state index in [0.29, 0.717) is 10.3 Å². The van der Waals surface area contributed by atoms with Crippen LogP contribution in [0.5, 0.6) is 0 Å². The summed E-state index contributed by atoms with van der Waals surface area (Å²) >= 11 is 5.24. The van der Waals surface area contributed by atoms with Crippen LogP contribution in [0.15, 0.2) is 72.8 Å². The van der Waals surface area contributed by atoms with Gasteiger partial charge in [-0.15, -0.1) is 0 Å². The third kappa shape index (κ3) is 2.36. The Morgan fingerprint density at radius 1 is 0.700 bits per heavy atom. The van der Waals surface area contributed by atoms with Crippen LogP contribution in [0, 0.1) is 4.64 Å². The second-order valence-corrected chi connectivity index (χ2v) is 4.93. The fourth-order valence-corrected chi connectivity index (χ4v) is 2.40. The molecule has 0 aliphatic heterocycles. The Balaban J connectivity index is 2.22. The van der Waals surface area contributed by atoms with Gasteiger partial charge in [0.25, 0.3) is 0 Å². The van der Waals surface area contributed by atoms with Gasteiger partial charge in [-0.1, -0.05) is 72.9 Å². The van der Waals surface area contributed by atoms with Crippen molar-refractivity contribution in [3.05, 3.63) is 77.4 Å². The van der Waals surface area contributed by atoms with Crippen LogP contribution in [0.4, 0.5) is 0 Å². The number of nitrogens with zero attached hydrogens (tertiary/aromatic N) is 1. The maximum Gasteiger partial charge on any atom is 0.143 e. The fraction of sp³-hybridized carbons (Fsp3) is 0. The molecule has 2 aromatic carbocycles. The van der Waals surface area contributed by atoms with Crippen molar-refractivity contribution in [3.63, 3.8) is 0 Å². The lowest BCUT2D eigenvalue weighted by atomic mass is 10.0. The molecule has 98 valence electrons. The molecule has 1 N–H and O–H groups in total. The van der Waals surface area contributed by atoms with Gasteiger partial charge in [0.05, 0.1) is 5.69 Å². The van der Waals surface area contributed by atoms with Crippen LogP contribution in [-0.4, -0.2) is 9.94 Å². The summed E-state index contributed by atoms with van der Waals surface area (Å²) in [4.78, 5) is 0. The number of benzene rings is 2. The van der Waals surface area contributed by atoms with E-state index >= 15 is 0 Å². The Morgan fingerprint density at radius 2 is 1.25 bits per heavy atom. The van der Waals surface area contributed by atoms with Crippen LogP contribution in [0.25, 0.3) is 22.4 Å². The lowest BCUT2D eigenvalue weighted by Crippen LogP contribution is -2.00. The average molecular weight is 279 g/mol. The number of aromatic nitrogens is 1. The molecule has 3 aromatic rings. The van der Waals surface area contributed by atoms with E-state index in [2.05, 4.69) is 0 Å². The quantitative estimate of drug-likeness (QED) is 0.539. The van der Waals surface area contributed by atoms with Crippen molar-refractivity contribution in [2.24, 2.45) is 0 Å². The first-order valence-corrected chi connectivity index (χ1v) is 6.74. The highest BCUT2D eigenvalue weighted by atomic mass is 32.1. The molecule has 0 bridgehead atoms. The topological polar surface area (TPSA) is 25.2 Å². The third-order valence-corrected chi connectivity index (χ3v) is 3.48. The summed E-state index contributed by atoms with van der Waals surface area (Å²) < 4.78 is 1.45. The van der Waals surface area contributed by atoms with Crippen molar-refractivity contribution in [2.75, 3.05) is 0 Å². The zero-order valence-corrected chi connectivity index (χ0v) is 11.5. The van der Waals surface area contributed by atoms with E-state index in [1.54, 1.807) is 6.07 Å². The second-order valence-electron chi connectivity index (χ2n) is 4.51. The standard InChI is InChI=1S/C17H13NOS/c19-18-16(14-9-5-2-6-10-14)11-15(12-17(18)20)13-7-3-1-4-8-13/h1-12,19H. The van der Waals surface area contributed by atoms with Gasteiger partial charge in [0.2, 0.25) is 0 Å². The molecule has 2 nitrogen and oxygen atoms in total. The van der Waals surface area contributed by atoms with Gasteiger partial charge < -0.3 is 5.21 Å². The summed E-state index contributed by atoms with van der Waals surface area (Å²) in [6.07, 6.45) is 0. The molecule has 0 amide bonds. The minimum absolute atomic E-state index is 0.394. The molecule has 3 rings (SSSR count). The van der Waals surface area contributed by atoms with Gasteiger partial charge in [0, 0.05) is 5.56 Å². The lowest BCUT2D eigenvalue weighted by Gasteiger charge is -2.10. The van der Waals surface area contributed by atoms with E-state index in [-0.39, 0.29) is 0 Å². The van der Waals surface area contributed by atoms with Crippen LogP contribution in [0.1, 0.15) is 0 Å². The van der Waals surface area contributed by atoms with Crippen molar-refractivity contribution in [2.45, 2.75) is 0 Å². The lowest BCUT2D eigenvalue weighted by molar-refractivity contribution is 0.185. The molecule has 0 saturated heterocycles. The Labute approximate surface area is 122 Å². The minimum atomic E-state index is 0.394. The predicted molar refractivity (Wildman–Crippen MR) is 83.3 cm³/mol. The molecule has 0 fully saturated rings. The van der Waals surface area contributed by atoms with Crippen LogP contribution < -0.4 is 0 Å². The molecule has 0 radical (unpaired) electrons. The Kier molecular flexibility index (Phi) is 3.35. The van der Waals surface area contributed by atoms with E-state index in [0.717, 1.165) is 21.4 Å². The van der Waals surface area contributed by atoms with E-state index in [9.17, 15) is 5.21 Å². The number of rotatable bonds is 2. The zero-order valence-electron chi connectivity index (χ0n) is 10.7. The van der Waals surface area contributed by atoms with Crippen LogP contribution in [0.3, 0.4) is 0 Å². The third-order valence-electron chi connectivity index (χ3n) is 3.18. The summed E-state index contributed by atoms with van der Waals surface area (Å²) in [6.45, 7) is 0. The van der Waals surface area contributed by atoms with Crippen molar-refractivity contribution < 1.29 is 5.21 Å². The molecule has 1 heterocycles. The highest BCUT2D eigenvalue weighted by Gasteiger charge is 2.07. The largest absolute Gasteiger partial charge is 0.427 e. The molecule has 0 atom stereocenters. The Morgan fingerprint density at radius 3 is 1.85 bits per heavy atom. The maximum atomic E-state index is 10.1. The fourth-order valence-electron chi connectivity index (χ4n) is 2.17. The summed E-state index contributed by atoms with van der Waals surface area (Å²) in [5, 5.41) is 10.1. The maximum absolute atomic E-state index is 10.1. The molecule has 1 aromatic heterocycles. The first kappa shape index (κ1) is 12.6. The van der Waals surface area contributed by atoms with Crippen molar-refractivity contribution in [1.29, 1.82) is 0 Å². The van der Waals surface area contributed by atoms with Crippen molar-refractivity contribution in [1.82, 2.24) is 4.73 Å². The first-order chi connectivity index (χ1) is 9.75. The molecule has 0 unspecified atom stereocenters. The normalized spacial score (nSPS) is 10.4. The zero-order chi connectivity index (χ0) is 13.9. The van der Waals surface area contributed by atoms with Gasteiger partial charge in [-0.25, -0.2) is 0 Å². The number of hydrogen-bond acceptors (Lipinski definition) is 2. The van der Waals surface area contributed by atoms with E-state index < -0.39 is 0 Å². The summed E-state index contributed by atoms with van der Waals surface area (Å²) in [5.74, 6) is 0. The Hall–Kier alpha value is -2.39. The SMILES string of the molecule is On1c(-c2ccccc2)cc(-c2ccccc2)cc1=S. The molecule has 0 saturated carbocycles. The van der Waals surface area contributed by atoms with Crippen LogP contribution in [0.2, 0.25) is 0 Å². The summed E-state index contributed by atoms with van der Waals surface area (Å²) in [7, 11) is 0. The van der Waals surface area contributed by atoms with Gasteiger partial charge >= 0.3 is 0 Å². The van der Waals surface area contributed by atoms with Gasteiger partial charge in [-0.2, -0.15) is 4.73 Å². The van der Waals surface area contributed by atoms with Crippen molar-refractivity contribution >= 4 is 12.2 Å². The Bertz CT molecular complexity index is 779. The average Bonchev–Trinajstić information content (AvgIpc) is 2.51. The smallest absolute Gasteiger partial charge is 0.143 e. The minimum Gasteiger partial charge on any atom is -0.427 e. The number of hydrogen-bond donors (Lipinski definition) is 1. The van der Waals surface area contributed by atoms with Crippen LogP contribution in [-0.2, 0) is 0 Å². The number of pyridine rings is 1. The molecule has 0 aliphatic carbocycles. The summed E-state index contributed by atoms with van der Waals surface area (Å²) in [5.41, 5.74) is 3.70. The molecule has 3 heteroatoms. The molecular weight excluding hydrogens is 266 g/mol. The predicted octanol–water partition coefficient (Wildman–Crippen LogP) is 4.79. The summed E-state index contributed by atoms with van der Waals surface area (Å²) in [6, 6.07) is 23.5. The monoisotopic (exact) mass is 279 g/mol.